The molecule has 2 aromatic heterocycles. The average molecular weight is 310 g/mol. The third-order valence-corrected chi connectivity index (χ3v) is 4.61. The lowest BCUT2D eigenvalue weighted by atomic mass is 10.4. The number of anilines is 2. The smallest absolute Gasteiger partial charge is 0.244 e. The van der Waals surface area contributed by atoms with E-state index in [9.17, 15) is 8.42 Å². The van der Waals surface area contributed by atoms with Crippen molar-refractivity contribution in [1.29, 1.82) is 0 Å². The SMILES string of the molecule is CN(C)S(=O)(=O)c1ccc(NCCn2cc(N)cn2)nc1. The Hall–Kier alpha value is -2.13. The maximum absolute atomic E-state index is 11.9. The van der Waals surface area contributed by atoms with Crippen LogP contribution in [0.2, 0.25) is 0 Å². The molecule has 0 saturated heterocycles. The molecule has 0 aromatic carbocycles. The van der Waals surface area contributed by atoms with Crippen LogP contribution < -0.4 is 11.1 Å². The second-order valence-electron chi connectivity index (χ2n) is 4.63. The van der Waals surface area contributed by atoms with Crippen molar-refractivity contribution in [2.75, 3.05) is 31.7 Å². The van der Waals surface area contributed by atoms with Crippen molar-refractivity contribution in [2.45, 2.75) is 11.4 Å². The average Bonchev–Trinajstić information content (AvgIpc) is 2.85. The van der Waals surface area contributed by atoms with Crippen LogP contribution in [0.4, 0.5) is 11.5 Å². The molecule has 0 aliphatic heterocycles. The van der Waals surface area contributed by atoms with E-state index in [0.29, 0.717) is 24.6 Å². The first-order valence-corrected chi connectivity index (χ1v) is 7.74. The lowest BCUT2D eigenvalue weighted by Crippen LogP contribution is -2.22. The van der Waals surface area contributed by atoms with Crippen molar-refractivity contribution in [3.63, 3.8) is 0 Å². The van der Waals surface area contributed by atoms with E-state index in [4.69, 9.17) is 5.73 Å². The van der Waals surface area contributed by atoms with Crippen LogP contribution in [0.25, 0.3) is 0 Å². The molecule has 0 unspecified atom stereocenters. The summed E-state index contributed by atoms with van der Waals surface area (Å²) in [4.78, 5) is 4.26. The quantitative estimate of drug-likeness (QED) is 0.790. The van der Waals surface area contributed by atoms with E-state index in [0.717, 1.165) is 4.31 Å². The van der Waals surface area contributed by atoms with Crippen LogP contribution in [0.15, 0.2) is 35.6 Å². The Morgan fingerprint density at radius 3 is 2.62 bits per heavy atom. The fourth-order valence-electron chi connectivity index (χ4n) is 1.65. The van der Waals surface area contributed by atoms with Gasteiger partial charge < -0.3 is 11.1 Å². The summed E-state index contributed by atoms with van der Waals surface area (Å²) in [5, 5.41) is 7.15. The molecule has 0 amide bonds. The first-order chi connectivity index (χ1) is 9.89. The van der Waals surface area contributed by atoms with Gasteiger partial charge in [0, 0.05) is 33.0 Å². The third-order valence-electron chi connectivity index (χ3n) is 2.82. The van der Waals surface area contributed by atoms with Gasteiger partial charge >= 0.3 is 0 Å². The van der Waals surface area contributed by atoms with Crippen molar-refractivity contribution in [3.8, 4) is 0 Å². The maximum atomic E-state index is 11.9. The van der Waals surface area contributed by atoms with E-state index in [2.05, 4.69) is 15.4 Å². The minimum atomic E-state index is -3.44. The lowest BCUT2D eigenvalue weighted by Gasteiger charge is -2.11. The minimum absolute atomic E-state index is 0.165. The summed E-state index contributed by atoms with van der Waals surface area (Å²) in [7, 11) is -0.473. The summed E-state index contributed by atoms with van der Waals surface area (Å²) < 4.78 is 26.6. The zero-order chi connectivity index (χ0) is 15.5. The summed E-state index contributed by atoms with van der Waals surface area (Å²) in [6.07, 6.45) is 4.66. The fourth-order valence-corrected chi connectivity index (χ4v) is 2.50. The van der Waals surface area contributed by atoms with E-state index in [1.807, 2.05) is 0 Å². The number of nitrogens with one attached hydrogen (secondary N) is 1. The van der Waals surface area contributed by atoms with Crippen LogP contribution in [0, 0.1) is 0 Å². The molecule has 0 fully saturated rings. The molecule has 0 aliphatic carbocycles. The lowest BCUT2D eigenvalue weighted by molar-refractivity contribution is 0.520. The zero-order valence-electron chi connectivity index (χ0n) is 11.9. The van der Waals surface area contributed by atoms with E-state index in [-0.39, 0.29) is 4.90 Å². The monoisotopic (exact) mass is 310 g/mol. The van der Waals surface area contributed by atoms with Gasteiger partial charge in [-0.2, -0.15) is 5.10 Å². The predicted molar refractivity (Wildman–Crippen MR) is 80.2 cm³/mol. The molecule has 0 spiro atoms. The predicted octanol–water partition coefficient (Wildman–Crippen LogP) is 0.223. The van der Waals surface area contributed by atoms with Gasteiger partial charge in [0.1, 0.15) is 10.7 Å². The van der Waals surface area contributed by atoms with Crippen LogP contribution in [-0.4, -0.2) is 48.1 Å². The number of rotatable bonds is 6. The molecule has 0 bridgehead atoms. The van der Waals surface area contributed by atoms with Gasteiger partial charge in [-0.15, -0.1) is 0 Å². The molecule has 0 aliphatic rings. The van der Waals surface area contributed by atoms with Gasteiger partial charge in [-0.25, -0.2) is 17.7 Å². The zero-order valence-corrected chi connectivity index (χ0v) is 12.7. The summed E-state index contributed by atoms with van der Waals surface area (Å²) in [6, 6.07) is 3.16. The number of nitrogens with zero attached hydrogens (tertiary/aromatic N) is 4. The first-order valence-electron chi connectivity index (χ1n) is 6.30. The van der Waals surface area contributed by atoms with E-state index in [1.54, 1.807) is 23.1 Å². The summed E-state index contributed by atoms with van der Waals surface area (Å²) in [5.41, 5.74) is 6.18. The second-order valence-corrected chi connectivity index (χ2v) is 6.78. The normalized spacial score (nSPS) is 11.8. The van der Waals surface area contributed by atoms with Gasteiger partial charge in [-0.05, 0) is 12.1 Å². The van der Waals surface area contributed by atoms with Crippen LogP contribution in [0.3, 0.4) is 0 Å². The van der Waals surface area contributed by atoms with Gasteiger partial charge in [0.05, 0.1) is 18.4 Å². The highest BCUT2D eigenvalue weighted by Gasteiger charge is 2.17. The summed E-state index contributed by atoms with van der Waals surface area (Å²) >= 11 is 0. The first kappa shape index (κ1) is 15.3. The maximum Gasteiger partial charge on any atom is 0.244 e. The standard InChI is InChI=1S/C12H18N6O2S/c1-17(2)21(19,20)11-3-4-12(15-8-11)14-5-6-18-9-10(13)7-16-18/h3-4,7-9H,5-6,13H2,1-2H3,(H,14,15). The van der Waals surface area contributed by atoms with Crippen LogP contribution >= 0.6 is 0 Å². The molecular weight excluding hydrogens is 292 g/mol. The van der Waals surface area contributed by atoms with Crippen molar-refractivity contribution in [3.05, 3.63) is 30.7 Å². The Morgan fingerprint density at radius 2 is 2.10 bits per heavy atom. The molecule has 0 saturated carbocycles. The van der Waals surface area contributed by atoms with E-state index < -0.39 is 10.0 Å². The molecule has 114 valence electrons. The highest BCUT2D eigenvalue weighted by Crippen LogP contribution is 2.13. The summed E-state index contributed by atoms with van der Waals surface area (Å²) in [5.74, 6) is 0.604. The Labute approximate surface area is 123 Å². The van der Waals surface area contributed by atoms with Crippen LogP contribution in [-0.2, 0) is 16.6 Å². The number of hydrogen-bond acceptors (Lipinski definition) is 6. The minimum Gasteiger partial charge on any atom is -0.396 e. The second kappa shape index (κ2) is 6.10. The number of sulfonamides is 1. The Bertz CT molecular complexity index is 693. The third kappa shape index (κ3) is 3.70. The van der Waals surface area contributed by atoms with Crippen molar-refractivity contribution >= 4 is 21.5 Å². The molecular formula is C12H18N6O2S. The molecule has 3 N–H and O–H groups in total. The number of nitrogen functional groups attached to an aromatic ring is 1. The van der Waals surface area contributed by atoms with Gasteiger partial charge in [0.15, 0.2) is 0 Å². The molecule has 21 heavy (non-hydrogen) atoms. The fraction of sp³-hybridized carbons (Fsp3) is 0.333. The Morgan fingerprint density at radius 1 is 1.33 bits per heavy atom. The highest BCUT2D eigenvalue weighted by atomic mass is 32.2. The molecule has 0 radical (unpaired) electrons. The molecule has 9 heteroatoms. The van der Waals surface area contributed by atoms with E-state index >= 15 is 0 Å². The van der Waals surface area contributed by atoms with Gasteiger partial charge in [0.2, 0.25) is 10.0 Å². The highest BCUT2D eigenvalue weighted by molar-refractivity contribution is 7.89. The number of aromatic nitrogens is 3. The van der Waals surface area contributed by atoms with Gasteiger partial charge in [-0.3, -0.25) is 4.68 Å². The van der Waals surface area contributed by atoms with Gasteiger partial charge in [0.25, 0.3) is 0 Å². The summed E-state index contributed by atoms with van der Waals surface area (Å²) in [6.45, 7) is 1.24. The Balaban J connectivity index is 1.94. The van der Waals surface area contributed by atoms with E-state index in [1.165, 1.54) is 26.4 Å². The molecule has 2 aromatic rings. The number of nitrogens with two attached hydrogens (primary N) is 1. The molecule has 8 nitrogen and oxygen atoms in total. The molecule has 2 heterocycles. The number of pyridine rings is 1. The van der Waals surface area contributed by atoms with Crippen molar-refractivity contribution < 1.29 is 8.42 Å². The molecule has 0 atom stereocenters. The van der Waals surface area contributed by atoms with Crippen LogP contribution in [0.1, 0.15) is 0 Å². The molecule has 2 rings (SSSR count). The largest absolute Gasteiger partial charge is 0.396 e. The Kier molecular flexibility index (Phi) is 4.43. The number of hydrogen-bond donors (Lipinski definition) is 2. The van der Waals surface area contributed by atoms with Crippen LogP contribution in [0.5, 0.6) is 0 Å². The van der Waals surface area contributed by atoms with Crippen molar-refractivity contribution in [2.24, 2.45) is 0 Å². The van der Waals surface area contributed by atoms with Crippen molar-refractivity contribution in [1.82, 2.24) is 19.1 Å². The van der Waals surface area contributed by atoms with Gasteiger partial charge in [-0.1, -0.05) is 0 Å². The topological polar surface area (TPSA) is 106 Å².